The van der Waals surface area contributed by atoms with Gasteiger partial charge in [0.2, 0.25) is 5.91 Å². The number of rotatable bonds is 6. The molecule has 0 radical (unpaired) electrons. The highest BCUT2D eigenvalue weighted by molar-refractivity contribution is 5.83. The molecule has 1 amide bonds. The molecule has 0 saturated carbocycles. The zero-order valence-corrected chi connectivity index (χ0v) is 13.1. The van der Waals surface area contributed by atoms with Crippen molar-refractivity contribution in [2.24, 2.45) is 11.5 Å². The Morgan fingerprint density at radius 2 is 1.95 bits per heavy atom. The summed E-state index contributed by atoms with van der Waals surface area (Å²) in [6, 6.07) is 6.20. The average Bonchev–Trinajstić information content (AvgIpc) is 2.30. The summed E-state index contributed by atoms with van der Waals surface area (Å²) in [5.74, 6) is 0.767. The van der Waals surface area contributed by atoms with Crippen molar-refractivity contribution < 1.29 is 9.53 Å². The number of carbonyl (C=O) groups excluding carboxylic acids is 1. The zero-order chi connectivity index (χ0) is 15.5. The second kappa shape index (κ2) is 6.27. The van der Waals surface area contributed by atoms with E-state index in [9.17, 15) is 4.79 Å². The van der Waals surface area contributed by atoms with Crippen LogP contribution in [0.3, 0.4) is 0 Å². The third-order valence-electron chi connectivity index (χ3n) is 3.48. The molecule has 0 aliphatic rings. The van der Waals surface area contributed by atoms with Crippen LogP contribution in [0.15, 0.2) is 18.2 Å². The summed E-state index contributed by atoms with van der Waals surface area (Å²) in [6.45, 7) is 9.81. The van der Waals surface area contributed by atoms with Crippen LogP contribution in [0.2, 0.25) is 0 Å². The Bertz CT molecular complexity index is 481. The molecule has 0 heterocycles. The van der Waals surface area contributed by atoms with Crippen LogP contribution in [-0.4, -0.2) is 17.6 Å². The number of aryl methyl sites for hydroxylation is 1. The Balaban J connectivity index is 2.82. The van der Waals surface area contributed by atoms with Gasteiger partial charge in [-0.25, -0.2) is 0 Å². The van der Waals surface area contributed by atoms with Gasteiger partial charge >= 0.3 is 0 Å². The number of hydrogen-bond acceptors (Lipinski definition) is 3. The molecule has 1 aromatic rings. The Labute approximate surface area is 121 Å². The predicted molar refractivity (Wildman–Crippen MR) is 81.8 cm³/mol. The molecule has 0 spiro atoms. The molecule has 1 rings (SSSR count). The monoisotopic (exact) mass is 278 g/mol. The van der Waals surface area contributed by atoms with Gasteiger partial charge in [0.15, 0.2) is 0 Å². The fraction of sp³-hybridized carbons (Fsp3) is 0.562. The van der Waals surface area contributed by atoms with Gasteiger partial charge in [-0.1, -0.05) is 26.0 Å². The molecule has 4 nitrogen and oxygen atoms in total. The van der Waals surface area contributed by atoms with E-state index in [2.05, 4.69) is 26.0 Å². The highest BCUT2D eigenvalue weighted by Gasteiger charge is 2.28. The minimum Gasteiger partial charge on any atom is -0.490 e. The number of primary amides is 1. The van der Waals surface area contributed by atoms with Gasteiger partial charge in [0, 0.05) is 6.42 Å². The number of amides is 1. The number of nitrogens with two attached hydrogens (primary N) is 2. The summed E-state index contributed by atoms with van der Waals surface area (Å²) < 4.78 is 5.93. The first-order valence-corrected chi connectivity index (χ1v) is 6.99. The van der Waals surface area contributed by atoms with Gasteiger partial charge in [0.05, 0.1) is 11.6 Å². The van der Waals surface area contributed by atoms with Gasteiger partial charge in [-0.2, -0.15) is 0 Å². The van der Waals surface area contributed by atoms with Crippen LogP contribution in [0.5, 0.6) is 5.75 Å². The molecule has 0 saturated heterocycles. The van der Waals surface area contributed by atoms with Crippen LogP contribution < -0.4 is 16.2 Å². The van der Waals surface area contributed by atoms with Gasteiger partial charge in [-0.15, -0.1) is 0 Å². The molecule has 0 aromatic heterocycles. The topological polar surface area (TPSA) is 78.3 Å². The van der Waals surface area contributed by atoms with E-state index in [4.69, 9.17) is 16.2 Å². The normalized spacial score (nSPS) is 15.8. The maximum Gasteiger partial charge on any atom is 0.237 e. The lowest BCUT2D eigenvalue weighted by Crippen LogP contribution is -2.51. The fourth-order valence-corrected chi connectivity index (χ4v) is 2.06. The average molecular weight is 278 g/mol. The molecule has 0 bridgehead atoms. The molecule has 0 aliphatic heterocycles. The van der Waals surface area contributed by atoms with Gasteiger partial charge < -0.3 is 16.2 Å². The van der Waals surface area contributed by atoms with E-state index in [1.165, 1.54) is 5.56 Å². The van der Waals surface area contributed by atoms with Crippen molar-refractivity contribution in [3.63, 3.8) is 0 Å². The van der Waals surface area contributed by atoms with E-state index in [-0.39, 0.29) is 6.10 Å². The highest BCUT2D eigenvalue weighted by Crippen LogP contribution is 2.26. The SMILES string of the molecule is Cc1ccc(C(C)C)cc1OC(C)CC(C)(N)C(N)=O. The number of hydrogen-bond donors (Lipinski definition) is 2. The summed E-state index contributed by atoms with van der Waals surface area (Å²) in [5, 5.41) is 0. The van der Waals surface area contributed by atoms with E-state index in [0.717, 1.165) is 11.3 Å². The van der Waals surface area contributed by atoms with Crippen LogP contribution >= 0.6 is 0 Å². The lowest BCUT2D eigenvalue weighted by molar-refractivity contribution is -0.123. The molecule has 4 N–H and O–H groups in total. The number of carbonyl (C=O) groups is 1. The van der Waals surface area contributed by atoms with Crippen molar-refractivity contribution in [1.82, 2.24) is 0 Å². The molecular formula is C16H26N2O2. The third-order valence-corrected chi connectivity index (χ3v) is 3.48. The number of ether oxygens (including phenoxy) is 1. The Hall–Kier alpha value is -1.55. The van der Waals surface area contributed by atoms with Gasteiger partial charge in [0.1, 0.15) is 5.75 Å². The maximum atomic E-state index is 11.3. The highest BCUT2D eigenvalue weighted by atomic mass is 16.5. The predicted octanol–water partition coefficient (Wildman–Crippen LogP) is 2.48. The van der Waals surface area contributed by atoms with Crippen molar-refractivity contribution in [3.8, 4) is 5.75 Å². The van der Waals surface area contributed by atoms with Crippen molar-refractivity contribution in [1.29, 1.82) is 0 Å². The minimum absolute atomic E-state index is 0.182. The van der Waals surface area contributed by atoms with Crippen molar-refractivity contribution in [2.45, 2.75) is 58.6 Å². The first-order valence-electron chi connectivity index (χ1n) is 6.99. The molecule has 4 heteroatoms. The smallest absolute Gasteiger partial charge is 0.237 e. The number of benzene rings is 1. The Morgan fingerprint density at radius 1 is 1.35 bits per heavy atom. The van der Waals surface area contributed by atoms with Crippen LogP contribution in [0.4, 0.5) is 0 Å². The lowest BCUT2D eigenvalue weighted by Gasteiger charge is -2.26. The summed E-state index contributed by atoms with van der Waals surface area (Å²) >= 11 is 0. The Morgan fingerprint density at radius 3 is 2.45 bits per heavy atom. The van der Waals surface area contributed by atoms with Crippen LogP contribution in [-0.2, 0) is 4.79 Å². The van der Waals surface area contributed by atoms with E-state index in [1.807, 2.05) is 19.9 Å². The Kier molecular flexibility index (Phi) is 5.17. The second-order valence-electron chi connectivity index (χ2n) is 6.09. The van der Waals surface area contributed by atoms with Crippen molar-refractivity contribution >= 4 is 5.91 Å². The van der Waals surface area contributed by atoms with Gasteiger partial charge in [0.25, 0.3) is 0 Å². The summed E-state index contributed by atoms with van der Waals surface area (Å²) in [6.07, 6.45) is 0.201. The summed E-state index contributed by atoms with van der Waals surface area (Å²) in [7, 11) is 0. The minimum atomic E-state index is -1.05. The summed E-state index contributed by atoms with van der Waals surface area (Å²) in [4.78, 5) is 11.3. The van der Waals surface area contributed by atoms with Crippen LogP contribution in [0.25, 0.3) is 0 Å². The molecule has 0 aliphatic carbocycles. The zero-order valence-electron chi connectivity index (χ0n) is 13.1. The third kappa shape index (κ3) is 4.23. The van der Waals surface area contributed by atoms with E-state index < -0.39 is 11.4 Å². The fourth-order valence-electron chi connectivity index (χ4n) is 2.06. The molecule has 0 fully saturated rings. The van der Waals surface area contributed by atoms with Crippen LogP contribution in [0.1, 0.15) is 51.2 Å². The summed E-state index contributed by atoms with van der Waals surface area (Å²) in [5.41, 5.74) is 12.4. The molecule has 2 unspecified atom stereocenters. The second-order valence-corrected chi connectivity index (χ2v) is 6.09. The standard InChI is InChI=1S/C16H26N2O2/c1-10(2)13-7-6-11(3)14(8-13)20-12(4)9-16(5,18)15(17)19/h6-8,10,12H,9,18H2,1-5H3,(H2,17,19). The quantitative estimate of drug-likeness (QED) is 0.839. The van der Waals surface area contributed by atoms with Crippen molar-refractivity contribution in [2.75, 3.05) is 0 Å². The maximum absolute atomic E-state index is 11.3. The van der Waals surface area contributed by atoms with Crippen molar-refractivity contribution in [3.05, 3.63) is 29.3 Å². The first-order chi connectivity index (χ1) is 9.13. The lowest BCUT2D eigenvalue weighted by atomic mass is 9.95. The van der Waals surface area contributed by atoms with Gasteiger partial charge in [-0.3, -0.25) is 4.79 Å². The van der Waals surface area contributed by atoms with Crippen LogP contribution in [0, 0.1) is 6.92 Å². The van der Waals surface area contributed by atoms with E-state index in [1.54, 1.807) is 6.92 Å². The van der Waals surface area contributed by atoms with Gasteiger partial charge in [-0.05, 0) is 43.9 Å². The van der Waals surface area contributed by atoms with E-state index >= 15 is 0 Å². The molecule has 1 aromatic carbocycles. The molecule has 112 valence electrons. The van der Waals surface area contributed by atoms with E-state index in [0.29, 0.717) is 12.3 Å². The first kappa shape index (κ1) is 16.5. The molecular weight excluding hydrogens is 252 g/mol. The molecule has 2 atom stereocenters. The molecule has 20 heavy (non-hydrogen) atoms. The largest absolute Gasteiger partial charge is 0.490 e.